The van der Waals surface area contributed by atoms with Gasteiger partial charge in [0.05, 0.1) is 6.61 Å². The average Bonchev–Trinajstić information content (AvgIpc) is 2.71. The van der Waals surface area contributed by atoms with E-state index in [0.717, 1.165) is 11.7 Å². The summed E-state index contributed by atoms with van der Waals surface area (Å²) in [5, 5.41) is 8.58. The highest BCUT2D eigenvalue weighted by atomic mass is 32.2. The molecule has 0 aromatic carbocycles. The van der Waals surface area contributed by atoms with Gasteiger partial charge in [-0.2, -0.15) is 11.8 Å². The Balaban J connectivity index is 1.83. The Morgan fingerprint density at radius 1 is 1.60 bits per heavy atom. The molecule has 0 aliphatic heterocycles. The fourth-order valence-electron chi connectivity index (χ4n) is 0.723. The van der Waals surface area contributed by atoms with Crippen LogP contribution in [-0.2, 0) is 0 Å². The van der Waals surface area contributed by atoms with Gasteiger partial charge in [0, 0.05) is 11.8 Å². The van der Waals surface area contributed by atoms with Gasteiger partial charge in [-0.15, -0.1) is 0 Å². The molecule has 0 bridgehead atoms. The van der Waals surface area contributed by atoms with E-state index >= 15 is 0 Å². The number of hydrogen-bond acceptors (Lipinski definition) is 3. The Morgan fingerprint density at radius 2 is 2.30 bits per heavy atom. The van der Waals surface area contributed by atoms with Gasteiger partial charge < -0.3 is 10.8 Å². The molecule has 0 unspecified atom stereocenters. The van der Waals surface area contributed by atoms with Gasteiger partial charge in [-0.05, 0) is 24.5 Å². The maximum atomic E-state index is 8.58. The Labute approximate surface area is 66.2 Å². The molecule has 60 valence electrons. The topological polar surface area (TPSA) is 46.2 Å². The minimum absolute atomic E-state index is 0.0104. The van der Waals surface area contributed by atoms with Crippen LogP contribution in [0.1, 0.15) is 12.8 Å². The summed E-state index contributed by atoms with van der Waals surface area (Å²) in [6.07, 6.45) is 2.81. The molecule has 1 saturated carbocycles. The summed E-state index contributed by atoms with van der Waals surface area (Å²) in [6, 6.07) is -0.0104. The molecule has 3 heteroatoms. The number of nitrogens with two attached hydrogens (primary N) is 1. The molecule has 1 fully saturated rings. The van der Waals surface area contributed by atoms with E-state index in [2.05, 4.69) is 0 Å². The lowest BCUT2D eigenvalue weighted by molar-refractivity contribution is 0.275. The third kappa shape index (κ3) is 3.44. The van der Waals surface area contributed by atoms with Gasteiger partial charge in [0.25, 0.3) is 0 Å². The molecule has 1 rings (SSSR count). The molecule has 0 spiro atoms. The molecule has 0 saturated heterocycles. The lowest BCUT2D eigenvalue weighted by atomic mass is 10.4. The van der Waals surface area contributed by atoms with Crippen molar-refractivity contribution in [1.29, 1.82) is 0 Å². The van der Waals surface area contributed by atoms with E-state index in [1.54, 1.807) is 0 Å². The normalized spacial score (nSPS) is 21.0. The van der Waals surface area contributed by atoms with E-state index in [1.807, 2.05) is 11.8 Å². The Kier molecular flexibility index (Phi) is 3.52. The molecule has 0 radical (unpaired) electrons. The number of thioether (sulfide) groups is 1. The number of hydrogen-bond donors (Lipinski definition) is 2. The van der Waals surface area contributed by atoms with Crippen molar-refractivity contribution in [1.82, 2.24) is 0 Å². The van der Waals surface area contributed by atoms with Crippen LogP contribution in [0.2, 0.25) is 0 Å². The minimum atomic E-state index is -0.0104. The first-order valence-corrected chi connectivity index (χ1v) is 4.92. The standard InChI is InChI=1S/C7H15NOS/c8-7(3-9)5-10-4-6-1-2-6/h6-7,9H,1-5,8H2/t7-/m1/s1. The molecular formula is C7H15NOS. The smallest absolute Gasteiger partial charge is 0.0590 e. The molecule has 1 aliphatic carbocycles. The van der Waals surface area contributed by atoms with E-state index < -0.39 is 0 Å². The van der Waals surface area contributed by atoms with Crippen molar-refractivity contribution in [2.75, 3.05) is 18.1 Å². The Morgan fingerprint density at radius 3 is 2.80 bits per heavy atom. The van der Waals surface area contributed by atoms with Crippen LogP contribution in [0.3, 0.4) is 0 Å². The van der Waals surface area contributed by atoms with E-state index in [4.69, 9.17) is 10.8 Å². The molecule has 10 heavy (non-hydrogen) atoms. The van der Waals surface area contributed by atoms with Gasteiger partial charge in [0.1, 0.15) is 0 Å². The van der Waals surface area contributed by atoms with E-state index in [9.17, 15) is 0 Å². The zero-order chi connectivity index (χ0) is 7.40. The molecule has 0 aromatic rings. The number of rotatable bonds is 5. The molecule has 1 atom stereocenters. The quantitative estimate of drug-likeness (QED) is 0.615. The Bertz CT molecular complexity index is 95.6. The largest absolute Gasteiger partial charge is 0.395 e. The molecule has 0 amide bonds. The van der Waals surface area contributed by atoms with Gasteiger partial charge >= 0.3 is 0 Å². The predicted molar refractivity (Wildman–Crippen MR) is 45.1 cm³/mol. The zero-order valence-electron chi connectivity index (χ0n) is 6.12. The summed E-state index contributed by atoms with van der Waals surface area (Å²) in [4.78, 5) is 0. The van der Waals surface area contributed by atoms with Crippen LogP contribution in [0, 0.1) is 5.92 Å². The zero-order valence-corrected chi connectivity index (χ0v) is 6.94. The predicted octanol–water partition coefficient (Wildman–Crippen LogP) is 0.449. The second-order valence-electron chi connectivity index (χ2n) is 2.92. The van der Waals surface area contributed by atoms with Crippen LogP contribution >= 0.6 is 11.8 Å². The van der Waals surface area contributed by atoms with Gasteiger partial charge in [-0.3, -0.25) is 0 Å². The fraction of sp³-hybridized carbons (Fsp3) is 1.00. The monoisotopic (exact) mass is 161 g/mol. The maximum Gasteiger partial charge on any atom is 0.0590 e. The maximum absolute atomic E-state index is 8.58. The van der Waals surface area contributed by atoms with Crippen molar-refractivity contribution < 1.29 is 5.11 Å². The third-order valence-corrected chi connectivity index (χ3v) is 2.99. The van der Waals surface area contributed by atoms with E-state index in [-0.39, 0.29) is 12.6 Å². The van der Waals surface area contributed by atoms with Gasteiger partial charge in [0.2, 0.25) is 0 Å². The van der Waals surface area contributed by atoms with Crippen molar-refractivity contribution in [3.63, 3.8) is 0 Å². The summed E-state index contributed by atoms with van der Waals surface area (Å²) < 4.78 is 0. The van der Waals surface area contributed by atoms with Crippen molar-refractivity contribution in [3.05, 3.63) is 0 Å². The Hall–Kier alpha value is 0.270. The second kappa shape index (κ2) is 4.21. The van der Waals surface area contributed by atoms with Crippen molar-refractivity contribution in [2.45, 2.75) is 18.9 Å². The summed E-state index contributed by atoms with van der Waals surface area (Å²) in [6.45, 7) is 0.123. The molecule has 2 nitrogen and oxygen atoms in total. The summed E-state index contributed by atoms with van der Waals surface area (Å²) in [5.41, 5.74) is 5.51. The van der Waals surface area contributed by atoms with E-state index in [0.29, 0.717) is 0 Å². The second-order valence-corrected chi connectivity index (χ2v) is 4.00. The number of aliphatic hydroxyl groups is 1. The molecule has 0 heterocycles. The first-order valence-electron chi connectivity index (χ1n) is 3.77. The van der Waals surface area contributed by atoms with E-state index in [1.165, 1.54) is 18.6 Å². The van der Waals surface area contributed by atoms with Crippen molar-refractivity contribution in [2.24, 2.45) is 11.7 Å². The van der Waals surface area contributed by atoms with Gasteiger partial charge in [0.15, 0.2) is 0 Å². The van der Waals surface area contributed by atoms with Crippen molar-refractivity contribution >= 4 is 11.8 Å². The first kappa shape index (κ1) is 8.37. The highest BCUT2D eigenvalue weighted by Gasteiger charge is 2.20. The molecule has 3 N–H and O–H groups in total. The highest BCUT2D eigenvalue weighted by molar-refractivity contribution is 7.99. The van der Waals surface area contributed by atoms with Crippen LogP contribution in [0.15, 0.2) is 0 Å². The summed E-state index contributed by atoms with van der Waals surface area (Å²) in [7, 11) is 0. The van der Waals surface area contributed by atoms with Crippen LogP contribution in [0.4, 0.5) is 0 Å². The fourth-order valence-corrected chi connectivity index (χ4v) is 1.93. The molecule has 1 aliphatic rings. The SMILES string of the molecule is N[C@H](CO)CSCC1CC1. The molecule has 0 aromatic heterocycles. The molecular weight excluding hydrogens is 146 g/mol. The lowest BCUT2D eigenvalue weighted by Gasteiger charge is -2.05. The van der Waals surface area contributed by atoms with Crippen LogP contribution in [0.25, 0.3) is 0 Å². The minimum Gasteiger partial charge on any atom is -0.395 e. The van der Waals surface area contributed by atoms with Gasteiger partial charge in [-0.1, -0.05) is 0 Å². The van der Waals surface area contributed by atoms with Gasteiger partial charge in [-0.25, -0.2) is 0 Å². The average molecular weight is 161 g/mol. The lowest BCUT2D eigenvalue weighted by Crippen LogP contribution is -2.27. The first-order chi connectivity index (χ1) is 4.83. The van der Waals surface area contributed by atoms with Crippen LogP contribution < -0.4 is 5.73 Å². The third-order valence-electron chi connectivity index (χ3n) is 1.62. The van der Waals surface area contributed by atoms with Crippen LogP contribution in [0.5, 0.6) is 0 Å². The highest BCUT2D eigenvalue weighted by Crippen LogP contribution is 2.32. The van der Waals surface area contributed by atoms with Crippen LogP contribution in [-0.4, -0.2) is 29.3 Å². The summed E-state index contributed by atoms with van der Waals surface area (Å²) >= 11 is 1.87. The summed E-state index contributed by atoms with van der Waals surface area (Å²) in [5.74, 6) is 3.12. The number of aliphatic hydroxyl groups excluding tert-OH is 1. The van der Waals surface area contributed by atoms with Crippen molar-refractivity contribution in [3.8, 4) is 0 Å².